The van der Waals surface area contributed by atoms with E-state index in [1.54, 1.807) is 0 Å². The molecule has 0 saturated carbocycles. The number of nitrogens with zero attached hydrogens (tertiary/aromatic N) is 1. The zero-order chi connectivity index (χ0) is 21.7. The smallest absolute Gasteiger partial charge is 0.285 e. The molecule has 0 atom stereocenters. The monoisotopic (exact) mass is 424 g/mol. The Labute approximate surface area is 183 Å². The first-order valence-corrected chi connectivity index (χ1v) is 11.3. The highest BCUT2D eigenvalue weighted by molar-refractivity contribution is 7.11. The predicted molar refractivity (Wildman–Crippen MR) is 128 cm³/mol. The second-order valence-electron chi connectivity index (χ2n) is 8.78. The lowest BCUT2D eigenvalue weighted by Gasteiger charge is -2.18. The summed E-state index contributed by atoms with van der Waals surface area (Å²) in [5, 5.41) is 3.38. The van der Waals surface area contributed by atoms with E-state index in [9.17, 15) is 4.79 Å². The van der Waals surface area contributed by atoms with Crippen LogP contribution in [-0.2, 0) is 5.54 Å². The molecule has 30 heavy (non-hydrogen) atoms. The summed E-state index contributed by atoms with van der Waals surface area (Å²) in [7, 11) is 0. The van der Waals surface area contributed by atoms with Crippen molar-refractivity contribution in [2.24, 2.45) is 0 Å². The molecule has 4 nitrogen and oxygen atoms in total. The van der Waals surface area contributed by atoms with Crippen molar-refractivity contribution in [2.45, 2.75) is 52.5 Å². The minimum atomic E-state index is -0.254. The van der Waals surface area contributed by atoms with E-state index in [-0.39, 0.29) is 11.1 Å². The van der Waals surface area contributed by atoms with Crippen molar-refractivity contribution >= 4 is 17.2 Å². The Morgan fingerprint density at radius 1 is 1.03 bits per heavy atom. The van der Waals surface area contributed by atoms with Crippen LogP contribution >= 0.6 is 11.5 Å². The highest BCUT2D eigenvalue weighted by atomic mass is 32.1. The SMILES string of the molecule is CC(C)c1ccc(OCCCNc2c(-c3ccccc3)sn(C(C)(C)C)c2=O)cc1. The summed E-state index contributed by atoms with van der Waals surface area (Å²) in [4.78, 5) is 14.0. The summed E-state index contributed by atoms with van der Waals surface area (Å²) in [6.07, 6.45) is 0.810. The molecule has 0 amide bonds. The molecule has 3 rings (SSSR count). The van der Waals surface area contributed by atoms with Crippen LogP contribution in [0.1, 0.15) is 52.5 Å². The van der Waals surface area contributed by atoms with Gasteiger partial charge in [0, 0.05) is 6.54 Å². The van der Waals surface area contributed by atoms with Crippen molar-refractivity contribution < 1.29 is 4.74 Å². The van der Waals surface area contributed by atoms with Crippen molar-refractivity contribution in [2.75, 3.05) is 18.5 Å². The topological polar surface area (TPSA) is 43.3 Å². The van der Waals surface area contributed by atoms with Gasteiger partial charge >= 0.3 is 0 Å². The van der Waals surface area contributed by atoms with Crippen molar-refractivity contribution in [3.63, 3.8) is 0 Å². The quantitative estimate of drug-likeness (QED) is 0.429. The number of hydrogen-bond acceptors (Lipinski definition) is 4. The molecular weight excluding hydrogens is 392 g/mol. The van der Waals surface area contributed by atoms with Gasteiger partial charge < -0.3 is 10.1 Å². The molecule has 3 aromatic rings. The van der Waals surface area contributed by atoms with E-state index in [4.69, 9.17) is 4.74 Å². The predicted octanol–water partition coefficient (Wildman–Crippen LogP) is 6.34. The Hall–Kier alpha value is -2.53. The Bertz CT molecular complexity index is 996. The maximum Gasteiger partial charge on any atom is 0.285 e. The zero-order valence-electron chi connectivity index (χ0n) is 18.6. The molecule has 1 N–H and O–H groups in total. The summed E-state index contributed by atoms with van der Waals surface area (Å²) in [6.45, 7) is 11.8. The van der Waals surface area contributed by atoms with Gasteiger partial charge in [0.15, 0.2) is 0 Å². The van der Waals surface area contributed by atoms with Gasteiger partial charge in [-0.15, -0.1) is 0 Å². The van der Waals surface area contributed by atoms with Crippen molar-refractivity contribution in [3.8, 4) is 16.2 Å². The molecule has 0 bridgehead atoms. The van der Waals surface area contributed by atoms with E-state index in [0.717, 1.165) is 22.6 Å². The molecule has 0 unspecified atom stereocenters. The van der Waals surface area contributed by atoms with Crippen molar-refractivity contribution in [1.29, 1.82) is 0 Å². The van der Waals surface area contributed by atoms with Crippen LogP contribution in [0.3, 0.4) is 0 Å². The van der Waals surface area contributed by atoms with Crippen LogP contribution in [-0.4, -0.2) is 17.1 Å². The first-order chi connectivity index (χ1) is 14.3. The second-order valence-corrected chi connectivity index (χ2v) is 9.74. The number of benzene rings is 2. The van der Waals surface area contributed by atoms with E-state index >= 15 is 0 Å². The third kappa shape index (κ3) is 5.33. The number of anilines is 1. The number of hydrogen-bond donors (Lipinski definition) is 1. The molecule has 1 heterocycles. The average Bonchev–Trinajstić information content (AvgIpc) is 3.05. The van der Waals surface area contributed by atoms with Gasteiger partial charge in [0.05, 0.1) is 17.0 Å². The van der Waals surface area contributed by atoms with Gasteiger partial charge in [-0.2, -0.15) is 0 Å². The average molecular weight is 425 g/mol. The van der Waals surface area contributed by atoms with Gasteiger partial charge in [-0.1, -0.05) is 67.8 Å². The Morgan fingerprint density at radius 2 is 1.70 bits per heavy atom. The van der Waals surface area contributed by atoms with Gasteiger partial charge in [-0.25, -0.2) is 0 Å². The molecule has 5 heteroatoms. The van der Waals surface area contributed by atoms with Gasteiger partial charge in [0.25, 0.3) is 5.56 Å². The number of rotatable bonds is 8. The highest BCUT2D eigenvalue weighted by Gasteiger charge is 2.23. The minimum absolute atomic E-state index is 0.0385. The van der Waals surface area contributed by atoms with Crippen LogP contribution in [0.4, 0.5) is 5.69 Å². The third-order valence-corrected chi connectivity index (χ3v) is 6.41. The summed E-state index contributed by atoms with van der Waals surface area (Å²) in [5.41, 5.74) is 2.84. The molecule has 0 aliphatic rings. The lowest BCUT2D eigenvalue weighted by molar-refractivity contribution is 0.315. The standard InChI is InChI=1S/C25H32N2O2S/c1-18(2)19-12-14-21(15-13-19)29-17-9-16-26-22-23(20-10-7-6-8-11-20)30-27(24(22)28)25(3,4)5/h6-8,10-15,18,26H,9,16-17H2,1-5H3. The minimum Gasteiger partial charge on any atom is -0.494 e. The van der Waals surface area contributed by atoms with Gasteiger partial charge in [0.1, 0.15) is 11.4 Å². The van der Waals surface area contributed by atoms with E-state index < -0.39 is 0 Å². The summed E-state index contributed by atoms with van der Waals surface area (Å²) < 4.78 is 7.71. The third-order valence-electron chi connectivity index (χ3n) is 4.89. The number of ether oxygens (including phenoxy) is 1. The maximum absolute atomic E-state index is 13.1. The molecule has 0 aliphatic carbocycles. The fourth-order valence-electron chi connectivity index (χ4n) is 3.19. The Morgan fingerprint density at radius 3 is 2.30 bits per heavy atom. The van der Waals surface area contributed by atoms with Crippen LogP contribution < -0.4 is 15.6 Å². The molecule has 1 aromatic heterocycles. The van der Waals surface area contributed by atoms with Crippen molar-refractivity contribution in [3.05, 3.63) is 70.5 Å². The van der Waals surface area contributed by atoms with Crippen LogP contribution in [0, 0.1) is 0 Å². The van der Waals surface area contributed by atoms with Gasteiger partial charge in [-0.3, -0.25) is 8.75 Å². The van der Waals surface area contributed by atoms with Crippen LogP contribution in [0.5, 0.6) is 5.75 Å². The fraction of sp³-hybridized carbons (Fsp3) is 0.400. The summed E-state index contributed by atoms with van der Waals surface area (Å²) in [6, 6.07) is 18.4. The molecule has 160 valence electrons. The first-order valence-electron chi connectivity index (χ1n) is 10.6. The molecule has 0 fully saturated rings. The lowest BCUT2D eigenvalue weighted by Crippen LogP contribution is -2.30. The Balaban J connectivity index is 1.64. The summed E-state index contributed by atoms with van der Waals surface area (Å²) >= 11 is 1.52. The van der Waals surface area contributed by atoms with E-state index in [2.05, 4.69) is 52.1 Å². The molecule has 0 spiro atoms. The second kappa shape index (κ2) is 9.52. The first kappa shape index (κ1) is 22.2. The van der Waals surface area contributed by atoms with Crippen LogP contribution in [0.2, 0.25) is 0 Å². The largest absolute Gasteiger partial charge is 0.494 e. The highest BCUT2D eigenvalue weighted by Crippen LogP contribution is 2.33. The zero-order valence-corrected chi connectivity index (χ0v) is 19.4. The van der Waals surface area contributed by atoms with Gasteiger partial charge in [0.2, 0.25) is 0 Å². The Kier molecular flexibility index (Phi) is 7.03. The molecular formula is C25H32N2O2S. The van der Waals surface area contributed by atoms with Crippen LogP contribution in [0.15, 0.2) is 59.4 Å². The fourth-order valence-corrected chi connectivity index (χ4v) is 4.31. The maximum atomic E-state index is 13.1. The van der Waals surface area contributed by atoms with Crippen LogP contribution in [0.25, 0.3) is 10.4 Å². The lowest BCUT2D eigenvalue weighted by atomic mass is 10.0. The summed E-state index contributed by atoms with van der Waals surface area (Å²) in [5.74, 6) is 1.40. The van der Waals surface area contributed by atoms with E-state index in [1.807, 2.05) is 46.4 Å². The molecule has 0 radical (unpaired) electrons. The molecule has 2 aromatic carbocycles. The van der Waals surface area contributed by atoms with E-state index in [0.29, 0.717) is 24.8 Å². The number of nitrogens with one attached hydrogen (secondary N) is 1. The van der Waals surface area contributed by atoms with E-state index in [1.165, 1.54) is 17.1 Å². The number of aromatic nitrogens is 1. The molecule has 0 aliphatic heterocycles. The normalized spacial score (nSPS) is 11.7. The molecule has 0 saturated heterocycles. The van der Waals surface area contributed by atoms with Gasteiger partial charge in [-0.05, 0) is 56.4 Å². The van der Waals surface area contributed by atoms with Crippen molar-refractivity contribution in [1.82, 2.24) is 3.96 Å².